The van der Waals surface area contributed by atoms with Crippen LogP contribution < -0.4 is 14.8 Å². The Balaban J connectivity index is 1.49. The van der Waals surface area contributed by atoms with Crippen LogP contribution in [0.3, 0.4) is 0 Å². The first-order valence-electron chi connectivity index (χ1n) is 9.17. The molecule has 1 saturated carbocycles. The molecule has 1 aromatic carbocycles. The van der Waals surface area contributed by atoms with Crippen molar-refractivity contribution in [3.8, 4) is 17.6 Å². The van der Waals surface area contributed by atoms with E-state index in [9.17, 15) is 14.9 Å². The van der Waals surface area contributed by atoms with Crippen molar-refractivity contribution in [2.45, 2.75) is 63.6 Å². The summed E-state index contributed by atoms with van der Waals surface area (Å²) in [5, 5.41) is 12.0. The Bertz CT molecular complexity index is 878. The number of nitrogens with one attached hydrogen (secondary N) is 1. The summed E-state index contributed by atoms with van der Waals surface area (Å²) in [6, 6.07) is 5.23. The van der Waals surface area contributed by atoms with Gasteiger partial charge in [-0.1, -0.05) is 13.8 Å². The molecule has 4 rings (SSSR count). The fraction of sp³-hybridized carbons (Fsp3) is 0.550. The molecule has 142 valence electrons. The molecule has 0 unspecified atom stereocenters. The molecule has 0 bridgehead atoms. The molecule has 3 aliphatic rings. The van der Waals surface area contributed by atoms with Gasteiger partial charge in [-0.05, 0) is 26.0 Å². The average molecular weight is 369 g/mol. The molecule has 1 N–H and O–H groups in total. The molecule has 2 fully saturated rings. The lowest BCUT2D eigenvalue weighted by Crippen LogP contribution is -2.52. The maximum Gasteiger partial charge on any atom is 0.325 e. The van der Waals surface area contributed by atoms with Gasteiger partial charge in [0.1, 0.15) is 29.2 Å². The number of rotatable bonds is 3. The minimum absolute atomic E-state index is 0.0762. The molecule has 0 aromatic heterocycles. The van der Waals surface area contributed by atoms with Gasteiger partial charge in [-0.2, -0.15) is 5.26 Å². The van der Waals surface area contributed by atoms with Crippen molar-refractivity contribution in [1.82, 2.24) is 10.2 Å². The summed E-state index contributed by atoms with van der Waals surface area (Å²) in [6.45, 7) is 8.05. The Labute approximate surface area is 158 Å². The molecule has 27 heavy (non-hydrogen) atoms. The van der Waals surface area contributed by atoms with Crippen molar-refractivity contribution in [3.05, 3.63) is 23.3 Å². The average Bonchev–Trinajstić information content (AvgIpc) is 2.97. The highest BCUT2D eigenvalue weighted by Gasteiger charge is 2.51. The summed E-state index contributed by atoms with van der Waals surface area (Å²) >= 11 is 0. The fourth-order valence-electron chi connectivity index (χ4n) is 4.00. The van der Waals surface area contributed by atoms with E-state index in [4.69, 9.17) is 9.47 Å². The first-order valence-corrected chi connectivity index (χ1v) is 9.17. The second-order valence-corrected chi connectivity index (χ2v) is 8.70. The number of carbonyl (C=O) groups is 2. The van der Waals surface area contributed by atoms with Crippen molar-refractivity contribution >= 4 is 11.9 Å². The van der Waals surface area contributed by atoms with Gasteiger partial charge < -0.3 is 14.8 Å². The van der Waals surface area contributed by atoms with E-state index in [0.29, 0.717) is 36.5 Å². The van der Waals surface area contributed by atoms with Gasteiger partial charge in [0.2, 0.25) is 0 Å². The third kappa shape index (κ3) is 2.62. The Hall–Kier alpha value is -2.75. The zero-order valence-corrected chi connectivity index (χ0v) is 16.0. The molecule has 2 heterocycles. The highest BCUT2D eigenvalue weighted by atomic mass is 16.5. The van der Waals surface area contributed by atoms with E-state index in [1.165, 1.54) is 4.90 Å². The molecule has 0 atom stereocenters. The maximum absolute atomic E-state index is 12.4. The predicted octanol–water partition coefficient (Wildman–Crippen LogP) is 2.47. The number of urea groups is 1. The minimum Gasteiger partial charge on any atom is -0.491 e. The highest BCUT2D eigenvalue weighted by molar-refractivity contribution is 6.06. The number of nitrogens with zero attached hydrogens (tertiary/aromatic N) is 2. The highest BCUT2D eigenvalue weighted by Crippen LogP contribution is 2.47. The summed E-state index contributed by atoms with van der Waals surface area (Å²) in [6.07, 6.45) is 1.13. The number of amides is 3. The maximum atomic E-state index is 12.4. The molecule has 7 heteroatoms. The second-order valence-electron chi connectivity index (χ2n) is 8.70. The van der Waals surface area contributed by atoms with Gasteiger partial charge in [-0.3, -0.25) is 9.69 Å². The van der Waals surface area contributed by atoms with Crippen molar-refractivity contribution in [3.63, 3.8) is 0 Å². The van der Waals surface area contributed by atoms with Gasteiger partial charge in [-0.25, -0.2) is 4.79 Å². The Morgan fingerprint density at radius 2 is 1.96 bits per heavy atom. The van der Waals surface area contributed by atoms with Crippen LogP contribution in [0.15, 0.2) is 12.1 Å². The molecule has 0 radical (unpaired) electrons. The number of benzene rings is 1. The van der Waals surface area contributed by atoms with Crippen LogP contribution in [0.25, 0.3) is 0 Å². The van der Waals surface area contributed by atoms with E-state index in [2.05, 4.69) is 25.2 Å². The summed E-state index contributed by atoms with van der Waals surface area (Å²) in [7, 11) is 0. The summed E-state index contributed by atoms with van der Waals surface area (Å²) < 4.78 is 11.9. The first kappa shape index (κ1) is 17.7. The lowest BCUT2D eigenvalue weighted by Gasteiger charge is -2.40. The van der Waals surface area contributed by atoms with Crippen LogP contribution in [0.1, 0.15) is 51.7 Å². The van der Waals surface area contributed by atoms with E-state index in [-0.39, 0.29) is 29.5 Å². The van der Waals surface area contributed by atoms with E-state index < -0.39 is 5.54 Å². The second kappa shape index (κ2) is 5.62. The number of hydrogen-bond donors (Lipinski definition) is 1. The van der Waals surface area contributed by atoms with Crippen LogP contribution in [-0.2, 0) is 10.2 Å². The molecule has 1 aromatic rings. The van der Waals surface area contributed by atoms with Gasteiger partial charge in [0.25, 0.3) is 5.91 Å². The van der Waals surface area contributed by atoms with Crippen LogP contribution in [-0.4, -0.2) is 41.1 Å². The first-order chi connectivity index (χ1) is 12.6. The molecule has 0 spiro atoms. The quantitative estimate of drug-likeness (QED) is 0.827. The van der Waals surface area contributed by atoms with Crippen molar-refractivity contribution in [1.29, 1.82) is 5.26 Å². The molecule has 2 aliphatic heterocycles. The lowest BCUT2D eigenvalue weighted by molar-refractivity contribution is -0.134. The largest absolute Gasteiger partial charge is 0.491 e. The van der Waals surface area contributed by atoms with E-state index in [1.54, 1.807) is 19.9 Å². The molecule has 1 saturated heterocycles. The smallest absolute Gasteiger partial charge is 0.325 e. The van der Waals surface area contributed by atoms with Gasteiger partial charge in [-0.15, -0.1) is 0 Å². The Morgan fingerprint density at radius 1 is 1.26 bits per heavy atom. The zero-order valence-electron chi connectivity index (χ0n) is 16.0. The van der Waals surface area contributed by atoms with E-state index in [0.717, 1.165) is 5.56 Å². The van der Waals surface area contributed by atoms with Crippen LogP contribution >= 0.6 is 0 Å². The van der Waals surface area contributed by atoms with E-state index in [1.807, 2.05) is 6.07 Å². The number of hydrogen-bond acceptors (Lipinski definition) is 5. The number of nitriles is 1. The summed E-state index contributed by atoms with van der Waals surface area (Å²) in [5.74, 6) is 1.13. The van der Waals surface area contributed by atoms with Gasteiger partial charge in [0, 0.05) is 29.9 Å². The van der Waals surface area contributed by atoms with Crippen LogP contribution in [0.4, 0.5) is 4.79 Å². The SMILES string of the molecule is CC1(C)NC(=O)N(C2CC(Oc3ccc(C#N)c4c3C(C)(C)CO4)C2)C1=O. The standard InChI is InChI=1S/C20H23N3O4/c1-19(2)10-26-16-11(9-21)5-6-14(15(16)19)27-13-7-12(8-13)23-17(24)20(3,4)22-18(23)25/h5-6,12-13H,7-8,10H2,1-4H3,(H,22,25). The topological polar surface area (TPSA) is 91.7 Å². The van der Waals surface area contributed by atoms with Gasteiger partial charge in [0.15, 0.2) is 0 Å². The number of ether oxygens (including phenoxy) is 2. The summed E-state index contributed by atoms with van der Waals surface area (Å²) in [5.41, 5.74) is 0.338. The van der Waals surface area contributed by atoms with Crippen LogP contribution in [0, 0.1) is 11.3 Å². The van der Waals surface area contributed by atoms with Gasteiger partial charge >= 0.3 is 6.03 Å². The summed E-state index contributed by atoms with van der Waals surface area (Å²) in [4.78, 5) is 25.8. The van der Waals surface area contributed by atoms with Crippen molar-refractivity contribution in [2.75, 3.05) is 6.61 Å². The molecular formula is C20H23N3O4. The normalized spacial score (nSPS) is 27.3. The van der Waals surface area contributed by atoms with Crippen LogP contribution in [0.2, 0.25) is 0 Å². The van der Waals surface area contributed by atoms with Crippen molar-refractivity contribution < 1.29 is 19.1 Å². The van der Waals surface area contributed by atoms with Crippen molar-refractivity contribution in [2.24, 2.45) is 0 Å². The Kier molecular flexibility index (Phi) is 3.68. The van der Waals surface area contributed by atoms with E-state index >= 15 is 0 Å². The number of imide groups is 1. The lowest BCUT2D eigenvalue weighted by atomic mass is 9.84. The monoisotopic (exact) mass is 369 g/mol. The third-order valence-corrected chi connectivity index (χ3v) is 5.61. The Morgan fingerprint density at radius 3 is 2.56 bits per heavy atom. The third-order valence-electron chi connectivity index (χ3n) is 5.61. The predicted molar refractivity (Wildman–Crippen MR) is 96.6 cm³/mol. The number of carbonyl (C=O) groups excluding carboxylic acids is 2. The molecule has 1 aliphatic carbocycles. The molecule has 3 amide bonds. The minimum atomic E-state index is -0.849. The number of fused-ring (bicyclic) bond motifs is 1. The molecule has 7 nitrogen and oxygen atoms in total. The zero-order chi connectivity index (χ0) is 19.6. The van der Waals surface area contributed by atoms with Gasteiger partial charge in [0.05, 0.1) is 12.2 Å². The fourth-order valence-corrected chi connectivity index (χ4v) is 4.00. The molecular weight excluding hydrogens is 346 g/mol. The van der Waals surface area contributed by atoms with Crippen LogP contribution in [0.5, 0.6) is 11.5 Å².